The summed E-state index contributed by atoms with van der Waals surface area (Å²) in [6.07, 6.45) is 4.54. The number of aliphatic hydroxyl groups excluding tert-OH is 1. The molecule has 2 fully saturated rings. The Morgan fingerprint density at radius 1 is 1.22 bits per heavy atom. The molecule has 1 aromatic carbocycles. The van der Waals surface area contributed by atoms with Crippen molar-refractivity contribution in [3.8, 4) is 0 Å². The maximum Gasteiger partial charge on any atom is 0.0791 e. The van der Waals surface area contributed by atoms with Crippen molar-refractivity contribution in [1.82, 2.24) is 5.32 Å². The highest BCUT2D eigenvalue weighted by Crippen LogP contribution is 2.50. The van der Waals surface area contributed by atoms with Gasteiger partial charge in [0.2, 0.25) is 0 Å². The number of hydrogen-bond donors (Lipinski definition) is 2. The van der Waals surface area contributed by atoms with Gasteiger partial charge in [-0.1, -0.05) is 30.3 Å². The van der Waals surface area contributed by atoms with E-state index in [9.17, 15) is 5.11 Å². The molecule has 4 unspecified atom stereocenters. The van der Waals surface area contributed by atoms with Crippen molar-refractivity contribution in [2.24, 2.45) is 11.8 Å². The van der Waals surface area contributed by atoms with Crippen molar-refractivity contribution in [2.45, 2.75) is 37.3 Å². The lowest BCUT2D eigenvalue weighted by Crippen LogP contribution is -2.55. The van der Waals surface area contributed by atoms with Gasteiger partial charge >= 0.3 is 0 Å². The molecule has 2 bridgehead atoms. The third-order valence-corrected chi connectivity index (χ3v) is 4.88. The largest absolute Gasteiger partial charge is 0.391 e. The zero-order chi connectivity index (χ0) is 11.9. The molecule has 2 aliphatic carbocycles. The molecule has 0 aromatic heterocycles. The molecule has 3 heteroatoms. The van der Waals surface area contributed by atoms with Gasteiger partial charge in [0, 0.05) is 0 Å². The maximum absolute atomic E-state index is 10.7. The number of benzene rings is 1. The highest BCUT2D eigenvalue weighted by Gasteiger charge is 2.50. The van der Waals surface area contributed by atoms with Gasteiger partial charge in [-0.3, -0.25) is 0 Å². The Kier molecular flexibility index (Phi) is 4.00. The standard InChI is InChI=1S/C15H21NO.ClH/c1-16-15(13-5-3-2-4-6-13)10-11-7-8-12(9-11)14(15)17;/h2-6,11-12,14,16-17H,7-10H2,1H3;1H. The summed E-state index contributed by atoms with van der Waals surface area (Å²) < 4.78 is 0. The first-order chi connectivity index (χ1) is 8.26. The van der Waals surface area contributed by atoms with E-state index in [1.807, 2.05) is 13.1 Å². The summed E-state index contributed by atoms with van der Waals surface area (Å²) >= 11 is 0. The topological polar surface area (TPSA) is 32.3 Å². The molecule has 18 heavy (non-hydrogen) atoms. The van der Waals surface area contributed by atoms with Crippen molar-refractivity contribution >= 4 is 12.4 Å². The van der Waals surface area contributed by atoms with Crippen LogP contribution in [0.4, 0.5) is 0 Å². The Bertz CT molecular complexity index is 397. The summed E-state index contributed by atoms with van der Waals surface area (Å²) in [5, 5.41) is 14.1. The summed E-state index contributed by atoms with van der Waals surface area (Å²) in [5.41, 5.74) is 1.03. The first-order valence-corrected chi connectivity index (χ1v) is 6.69. The third-order valence-electron chi connectivity index (χ3n) is 4.88. The molecule has 0 heterocycles. The minimum absolute atomic E-state index is 0. The number of aliphatic hydroxyl groups is 1. The molecule has 100 valence electrons. The first kappa shape index (κ1) is 13.9. The molecule has 0 aliphatic heterocycles. The fourth-order valence-corrected chi connectivity index (χ4v) is 3.98. The molecule has 0 radical (unpaired) electrons. The van der Waals surface area contributed by atoms with Crippen LogP contribution in [0.15, 0.2) is 30.3 Å². The van der Waals surface area contributed by atoms with Gasteiger partial charge in [-0.15, -0.1) is 12.4 Å². The van der Waals surface area contributed by atoms with Crippen molar-refractivity contribution in [1.29, 1.82) is 0 Å². The van der Waals surface area contributed by atoms with Crippen LogP contribution in [0.2, 0.25) is 0 Å². The quantitative estimate of drug-likeness (QED) is 0.864. The van der Waals surface area contributed by atoms with E-state index in [4.69, 9.17) is 0 Å². The molecule has 4 atom stereocenters. The molecular formula is C15H22ClNO. The number of rotatable bonds is 2. The molecule has 3 rings (SSSR count). The lowest BCUT2D eigenvalue weighted by atomic mass is 9.69. The second-order valence-electron chi connectivity index (χ2n) is 5.68. The zero-order valence-corrected chi connectivity index (χ0v) is 11.6. The van der Waals surface area contributed by atoms with Crippen LogP contribution in [-0.4, -0.2) is 18.3 Å². The van der Waals surface area contributed by atoms with Crippen molar-refractivity contribution in [2.75, 3.05) is 7.05 Å². The Hall–Kier alpha value is -0.570. The van der Waals surface area contributed by atoms with E-state index in [2.05, 4.69) is 29.6 Å². The van der Waals surface area contributed by atoms with Gasteiger partial charge in [0.05, 0.1) is 11.6 Å². The smallest absolute Gasteiger partial charge is 0.0791 e. The lowest BCUT2D eigenvalue weighted by Gasteiger charge is -2.45. The van der Waals surface area contributed by atoms with Gasteiger partial charge in [-0.05, 0) is 50.1 Å². The summed E-state index contributed by atoms with van der Waals surface area (Å²) in [5.74, 6) is 1.28. The van der Waals surface area contributed by atoms with E-state index in [0.29, 0.717) is 5.92 Å². The van der Waals surface area contributed by atoms with E-state index >= 15 is 0 Å². The van der Waals surface area contributed by atoms with Crippen LogP contribution in [0.25, 0.3) is 0 Å². The van der Waals surface area contributed by atoms with Gasteiger partial charge in [0.1, 0.15) is 0 Å². The first-order valence-electron chi connectivity index (χ1n) is 6.69. The number of nitrogens with one attached hydrogen (secondary N) is 1. The fraction of sp³-hybridized carbons (Fsp3) is 0.600. The summed E-state index contributed by atoms with van der Waals surface area (Å²) in [6, 6.07) is 10.5. The zero-order valence-electron chi connectivity index (χ0n) is 10.8. The van der Waals surface area contributed by atoms with Gasteiger partial charge in [-0.25, -0.2) is 0 Å². The maximum atomic E-state index is 10.7. The summed E-state index contributed by atoms with van der Waals surface area (Å²) in [4.78, 5) is 0. The number of fused-ring (bicyclic) bond motifs is 2. The third kappa shape index (κ3) is 1.97. The van der Waals surface area contributed by atoms with Crippen molar-refractivity contribution in [3.63, 3.8) is 0 Å². The van der Waals surface area contributed by atoms with Gasteiger partial charge in [0.15, 0.2) is 0 Å². The van der Waals surface area contributed by atoms with Gasteiger partial charge in [-0.2, -0.15) is 0 Å². The van der Waals surface area contributed by atoms with E-state index in [1.54, 1.807) is 0 Å². The molecule has 0 amide bonds. The van der Waals surface area contributed by atoms with E-state index < -0.39 is 0 Å². The second-order valence-corrected chi connectivity index (χ2v) is 5.68. The Balaban J connectivity index is 0.00000120. The van der Waals surface area contributed by atoms with Crippen molar-refractivity contribution < 1.29 is 5.11 Å². The van der Waals surface area contributed by atoms with Crippen LogP contribution in [-0.2, 0) is 5.54 Å². The van der Waals surface area contributed by atoms with Crippen LogP contribution in [0.3, 0.4) is 0 Å². The predicted octanol–water partition coefficient (Wildman–Crippen LogP) is 2.70. The normalized spacial score (nSPS) is 38.2. The number of likely N-dealkylation sites (N-methyl/N-ethyl adjacent to an activating group) is 1. The Morgan fingerprint density at radius 3 is 2.61 bits per heavy atom. The average molecular weight is 268 g/mol. The molecule has 1 aromatic rings. The van der Waals surface area contributed by atoms with E-state index in [0.717, 1.165) is 12.3 Å². The molecule has 2 saturated carbocycles. The van der Waals surface area contributed by atoms with Crippen LogP contribution in [0.5, 0.6) is 0 Å². The monoisotopic (exact) mass is 267 g/mol. The Morgan fingerprint density at radius 2 is 1.94 bits per heavy atom. The molecule has 2 N–H and O–H groups in total. The lowest BCUT2D eigenvalue weighted by molar-refractivity contribution is -0.0172. The Labute approximate surface area is 115 Å². The van der Waals surface area contributed by atoms with Crippen LogP contribution in [0.1, 0.15) is 31.2 Å². The average Bonchev–Trinajstić information content (AvgIpc) is 2.79. The number of hydrogen-bond acceptors (Lipinski definition) is 2. The minimum atomic E-state index is -0.242. The minimum Gasteiger partial charge on any atom is -0.391 e. The number of halogens is 1. The van der Waals surface area contributed by atoms with Crippen LogP contribution >= 0.6 is 12.4 Å². The van der Waals surface area contributed by atoms with E-state index in [1.165, 1.54) is 24.8 Å². The molecule has 2 aliphatic rings. The van der Waals surface area contributed by atoms with Crippen LogP contribution < -0.4 is 5.32 Å². The fourth-order valence-electron chi connectivity index (χ4n) is 3.98. The van der Waals surface area contributed by atoms with Crippen LogP contribution in [0, 0.1) is 11.8 Å². The SMILES string of the molecule is CNC1(c2ccccc2)CC2CCC(C2)C1O.Cl. The van der Waals surface area contributed by atoms with Gasteiger partial charge < -0.3 is 10.4 Å². The van der Waals surface area contributed by atoms with Gasteiger partial charge in [0.25, 0.3) is 0 Å². The van der Waals surface area contributed by atoms with E-state index in [-0.39, 0.29) is 24.0 Å². The molecule has 0 saturated heterocycles. The highest BCUT2D eigenvalue weighted by atomic mass is 35.5. The molecular weight excluding hydrogens is 246 g/mol. The highest BCUT2D eigenvalue weighted by molar-refractivity contribution is 5.85. The molecule has 0 spiro atoms. The summed E-state index contributed by atoms with van der Waals surface area (Å²) in [6.45, 7) is 0. The molecule has 2 nitrogen and oxygen atoms in total. The summed E-state index contributed by atoms with van der Waals surface area (Å²) in [7, 11) is 1.99. The second kappa shape index (κ2) is 5.20. The van der Waals surface area contributed by atoms with Crippen molar-refractivity contribution in [3.05, 3.63) is 35.9 Å². The predicted molar refractivity (Wildman–Crippen MR) is 75.9 cm³/mol.